The maximum absolute atomic E-state index is 11.1. The zero-order chi connectivity index (χ0) is 21.4. The summed E-state index contributed by atoms with van der Waals surface area (Å²) in [5.74, 6) is 0.597. The standard InChI is InChI=1S/C20H18N8O2S/c1-2-15-16(26-20(29)30)8-28-18(15)19(21-10-24-28)25-13-3-4-17-12(5-13)6-23-27(17)7-14-9-31-11-22-14/h3-6,8-11,26H,2,7H2,1H3,(H,29,30)(H,21,24,25). The van der Waals surface area contributed by atoms with Crippen molar-refractivity contribution in [2.75, 3.05) is 10.6 Å². The Balaban J connectivity index is 1.49. The third-order valence-corrected chi connectivity index (χ3v) is 5.61. The van der Waals surface area contributed by atoms with Crippen LogP contribution in [0.2, 0.25) is 0 Å². The van der Waals surface area contributed by atoms with E-state index in [1.54, 1.807) is 22.0 Å². The Hall–Kier alpha value is -3.99. The smallest absolute Gasteiger partial charge is 0.409 e. The molecule has 3 N–H and O–H groups in total. The molecule has 0 spiro atoms. The summed E-state index contributed by atoms with van der Waals surface area (Å²) in [6.45, 7) is 2.58. The Morgan fingerprint density at radius 1 is 1.26 bits per heavy atom. The molecule has 0 aliphatic carbocycles. The van der Waals surface area contributed by atoms with E-state index in [0.717, 1.165) is 33.4 Å². The van der Waals surface area contributed by atoms with E-state index in [1.807, 2.05) is 46.9 Å². The summed E-state index contributed by atoms with van der Waals surface area (Å²) in [4.78, 5) is 19.8. The number of aromatic nitrogens is 6. The van der Waals surface area contributed by atoms with Crippen LogP contribution < -0.4 is 10.6 Å². The fraction of sp³-hybridized carbons (Fsp3) is 0.150. The minimum atomic E-state index is -1.12. The summed E-state index contributed by atoms with van der Waals surface area (Å²) >= 11 is 1.57. The fourth-order valence-electron chi connectivity index (χ4n) is 3.64. The van der Waals surface area contributed by atoms with Gasteiger partial charge in [-0.05, 0) is 24.6 Å². The van der Waals surface area contributed by atoms with Gasteiger partial charge in [-0.1, -0.05) is 6.92 Å². The largest absolute Gasteiger partial charge is 0.465 e. The molecule has 0 bridgehead atoms. The molecule has 10 nitrogen and oxygen atoms in total. The first-order chi connectivity index (χ1) is 15.1. The molecular weight excluding hydrogens is 416 g/mol. The lowest BCUT2D eigenvalue weighted by Gasteiger charge is -2.09. The predicted octanol–water partition coefficient (Wildman–Crippen LogP) is 3.98. The molecule has 0 unspecified atom stereocenters. The predicted molar refractivity (Wildman–Crippen MR) is 118 cm³/mol. The highest BCUT2D eigenvalue weighted by Gasteiger charge is 2.16. The molecule has 4 heterocycles. The molecule has 5 rings (SSSR count). The Morgan fingerprint density at radius 2 is 2.16 bits per heavy atom. The van der Waals surface area contributed by atoms with Gasteiger partial charge in [0.1, 0.15) is 11.8 Å². The molecule has 0 fully saturated rings. The minimum Gasteiger partial charge on any atom is -0.465 e. The van der Waals surface area contributed by atoms with Gasteiger partial charge in [-0.3, -0.25) is 10.00 Å². The van der Waals surface area contributed by atoms with Crippen LogP contribution in [0.15, 0.2) is 47.8 Å². The van der Waals surface area contributed by atoms with Crippen LogP contribution in [0.25, 0.3) is 16.4 Å². The van der Waals surface area contributed by atoms with E-state index in [4.69, 9.17) is 5.11 Å². The number of carbonyl (C=O) groups is 1. The molecule has 5 aromatic rings. The van der Waals surface area contributed by atoms with Gasteiger partial charge < -0.3 is 10.4 Å². The average Bonchev–Trinajstić information content (AvgIpc) is 3.47. The van der Waals surface area contributed by atoms with E-state index in [9.17, 15) is 4.79 Å². The molecule has 0 atom stereocenters. The molecule has 1 aromatic carbocycles. The molecule has 0 saturated carbocycles. The molecule has 0 aliphatic heterocycles. The highest BCUT2D eigenvalue weighted by molar-refractivity contribution is 7.07. The van der Waals surface area contributed by atoms with E-state index in [-0.39, 0.29) is 0 Å². The van der Waals surface area contributed by atoms with E-state index < -0.39 is 6.09 Å². The average molecular weight is 434 g/mol. The van der Waals surface area contributed by atoms with Crippen LogP contribution in [0, 0.1) is 0 Å². The third-order valence-electron chi connectivity index (χ3n) is 4.97. The van der Waals surface area contributed by atoms with Crippen molar-refractivity contribution in [2.45, 2.75) is 19.9 Å². The van der Waals surface area contributed by atoms with Crippen molar-refractivity contribution in [1.29, 1.82) is 0 Å². The second kappa shape index (κ2) is 7.69. The van der Waals surface area contributed by atoms with Gasteiger partial charge in [-0.2, -0.15) is 10.2 Å². The van der Waals surface area contributed by atoms with E-state index >= 15 is 0 Å². The van der Waals surface area contributed by atoms with Crippen LogP contribution in [0.1, 0.15) is 18.2 Å². The number of carboxylic acid groups (broad SMARTS) is 1. The lowest BCUT2D eigenvalue weighted by Crippen LogP contribution is -2.07. The second-order valence-corrected chi connectivity index (χ2v) is 7.61. The van der Waals surface area contributed by atoms with Gasteiger partial charge in [-0.15, -0.1) is 11.3 Å². The zero-order valence-electron chi connectivity index (χ0n) is 16.5. The fourth-order valence-corrected chi connectivity index (χ4v) is 4.19. The quantitative estimate of drug-likeness (QED) is 0.369. The SMILES string of the molecule is CCc1c(NC(=O)O)cn2ncnc(Nc3ccc4c(cnn4Cc4cscn4)c3)c12. The molecule has 0 radical (unpaired) electrons. The first-order valence-electron chi connectivity index (χ1n) is 9.57. The lowest BCUT2D eigenvalue weighted by atomic mass is 10.2. The van der Waals surface area contributed by atoms with Crippen molar-refractivity contribution >= 4 is 51.0 Å². The van der Waals surface area contributed by atoms with Crippen LogP contribution in [0.5, 0.6) is 0 Å². The molecule has 31 heavy (non-hydrogen) atoms. The normalized spacial score (nSPS) is 11.3. The van der Waals surface area contributed by atoms with Gasteiger partial charge in [0.2, 0.25) is 0 Å². The minimum absolute atomic E-state index is 0.498. The van der Waals surface area contributed by atoms with Crippen LogP contribution in [-0.2, 0) is 13.0 Å². The van der Waals surface area contributed by atoms with Crippen LogP contribution >= 0.6 is 11.3 Å². The van der Waals surface area contributed by atoms with Gasteiger partial charge in [0.25, 0.3) is 0 Å². The van der Waals surface area contributed by atoms with Crippen LogP contribution in [0.4, 0.5) is 22.0 Å². The number of aryl methyl sites for hydroxylation is 1. The number of benzene rings is 1. The number of hydrogen-bond donors (Lipinski definition) is 3. The van der Waals surface area contributed by atoms with E-state index in [0.29, 0.717) is 24.5 Å². The van der Waals surface area contributed by atoms with Gasteiger partial charge in [0.05, 0.1) is 41.3 Å². The molecule has 1 amide bonds. The highest BCUT2D eigenvalue weighted by atomic mass is 32.1. The Bertz CT molecular complexity index is 1390. The van der Waals surface area contributed by atoms with E-state index in [2.05, 4.69) is 30.8 Å². The Labute approximate surface area is 180 Å². The van der Waals surface area contributed by atoms with Gasteiger partial charge in [0, 0.05) is 22.0 Å². The Kier molecular flexibility index (Phi) is 4.71. The summed E-state index contributed by atoms with van der Waals surface area (Å²) in [5, 5.41) is 26.6. The molecule has 4 aromatic heterocycles. The Morgan fingerprint density at radius 3 is 2.94 bits per heavy atom. The molecular formula is C20H18N8O2S. The zero-order valence-corrected chi connectivity index (χ0v) is 17.3. The molecule has 11 heteroatoms. The number of amides is 1. The molecule has 0 saturated heterocycles. The number of fused-ring (bicyclic) bond motifs is 2. The first-order valence-corrected chi connectivity index (χ1v) is 10.5. The highest BCUT2D eigenvalue weighted by Crippen LogP contribution is 2.30. The number of thiazole rings is 1. The van der Waals surface area contributed by atoms with Crippen molar-refractivity contribution in [1.82, 2.24) is 29.4 Å². The number of nitrogens with zero attached hydrogens (tertiary/aromatic N) is 6. The van der Waals surface area contributed by atoms with Crippen LogP contribution in [-0.4, -0.2) is 40.6 Å². The van der Waals surface area contributed by atoms with Crippen molar-refractivity contribution in [3.8, 4) is 0 Å². The molecule has 0 aliphatic rings. The summed E-state index contributed by atoms with van der Waals surface area (Å²) in [7, 11) is 0. The first kappa shape index (κ1) is 19.0. The van der Waals surface area contributed by atoms with Gasteiger partial charge in [0.15, 0.2) is 5.82 Å². The number of anilines is 3. The third kappa shape index (κ3) is 3.55. The lowest BCUT2D eigenvalue weighted by molar-refractivity contribution is 0.209. The van der Waals surface area contributed by atoms with Crippen molar-refractivity contribution in [3.05, 3.63) is 59.1 Å². The van der Waals surface area contributed by atoms with Gasteiger partial charge in [-0.25, -0.2) is 19.3 Å². The maximum Gasteiger partial charge on any atom is 0.409 e. The summed E-state index contributed by atoms with van der Waals surface area (Å²) in [5.41, 5.74) is 6.70. The van der Waals surface area contributed by atoms with Gasteiger partial charge >= 0.3 is 6.09 Å². The van der Waals surface area contributed by atoms with Crippen LogP contribution in [0.3, 0.4) is 0 Å². The van der Waals surface area contributed by atoms with E-state index in [1.165, 1.54) is 6.33 Å². The summed E-state index contributed by atoms with van der Waals surface area (Å²) < 4.78 is 3.55. The molecule has 156 valence electrons. The second-order valence-electron chi connectivity index (χ2n) is 6.89. The van der Waals surface area contributed by atoms with Crippen molar-refractivity contribution < 1.29 is 9.90 Å². The summed E-state index contributed by atoms with van der Waals surface area (Å²) in [6, 6.07) is 5.97. The van der Waals surface area contributed by atoms with Crippen molar-refractivity contribution in [2.24, 2.45) is 0 Å². The summed E-state index contributed by atoms with van der Waals surface area (Å²) in [6.07, 6.45) is 4.42. The number of rotatable bonds is 6. The number of nitrogens with one attached hydrogen (secondary N) is 2. The monoisotopic (exact) mass is 434 g/mol. The van der Waals surface area contributed by atoms with Crippen molar-refractivity contribution in [3.63, 3.8) is 0 Å². The maximum atomic E-state index is 11.1. The number of hydrogen-bond acceptors (Lipinski definition) is 7. The topological polar surface area (TPSA) is 122 Å².